The number of carbonyl (C=O) groups excluding carboxylic acids is 1. The summed E-state index contributed by atoms with van der Waals surface area (Å²) in [6.45, 7) is 5.60. The van der Waals surface area contributed by atoms with Crippen LogP contribution in [-0.2, 0) is 11.3 Å². The normalized spacial score (nSPS) is 10.3. The van der Waals surface area contributed by atoms with Crippen molar-refractivity contribution >= 4 is 22.5 Å². The number of para-hydroxylation sites is 1. The maximum atomic E-state index is 12.0. The summed E-state index contributed by atoms with van der Waals surface area (Å²) in [7, 11) is 1.70. The summed E-state index contributed by atoms with van der Waals surface area (Å²) in [5.41, 5.74) is 2.31. The molecule has 0 N–H and O–H groups in total. The molecule has 0 fully saturated rings. The Bertz CT molecular complexity index is 1230. The number of aryl methyl sites for hydroxylation is 1. The van der Waals surface area contributed by atoms with Gasteiger partial charge in [0.2, 0.25) is 5.91 Å². The number of fused-ring (bicyclic) bond motifs is 1. The molecule has 9 nitrogen and oxygen atoms in total. The molecule has 0 saturated carbocycles. The van der Waals surface area contributed by atoms with Crippen molar-refractivity contribution in [3.05, 3.63) is 83.7 Å². The zero-order chi connectivity index (χ0) is 25.0. The molecule has 0 bridgehead atoms. The molecule has 2 aromatic carbocycles. The number of amides is 1. The van der Waals surface area contributed by atoms with Gasteiger partial charge in [-0.15, -0.1) is 4.91 Å². The van der Waals surface area contributed by atoms with E-state index in [1.54, 1.807) is 18.1 Å². The Morgan fingerprint density at radius 3 is 2.57 bits per heavy atom. The van der Waals surface area contributed by atoms with Crippen LogP contribution in [0.1, 0.15) is 12.5 Å². The van der Waals surface area contributed by atoms with Gasteiger partial charge in [0.05, 0.1) is 25.5 Å². The van der Waals surface area contributed by atoms with Crippen molar-refractivity contribution in [2.24, 2.45) is 5.18 Å². The highest BCUT2D eigenvalue weighted by molar-refractivity contribution is 5.84. The number of nitroso groups, excluding NO2 is 1. The summed E-state index contributed by atoms with van der Waals surface area (Å²) in [6.07, 6.45) is 4.53. The number of benzene rings is 2. The van der Waals surface area contributed by atoms with Gasteiger partial charge in [0.25, 0.3) is 0 Å². The van der Waals surface area contributed by atoms with Crippen molar-refractivity contribution in [1.29, 1.82) is 0 Å². The summed E-state index contributed by atoms with van der Waals surface area (Å²) in [5, 5.41) is 7.76. The van der Waals surface area contributed by atoms with Crippen LogP contribution in [0.15, 0.2) is 78.4 Å². The Morgan fingerprint density at radius 1 is 1.09 bits per heavy atom. The lowest BCUT2D eigenvalue weighted by Crippen LogP contribution is -2.33. The van der Waals surface area contributed by atoms with E-state index in [-0.39, 0.29) is 18.1 Å². The second-order valence-corrected chi connectivity index (χ2v) is 7.73. The Hall–Kier alpha value is -4.27. The van der Waals surface area contributed by atoms with E-state index in [9.17, 15) is 9.70 Å². The number of nitrogens with zero attached hydrogens (tertiary/aromatic N) is 5. The van der Waals surface area contributed by atoms with E-state index in [1.807, 2.05) is 68.4 Å². The van der Waals surface area contributed by atoms with Crippen molar-refractivity contribution < 1.29 is 14.3 Å². The van der Waals surface area contributed by atoms with Gasteiger partial charge in [-0.2, -0.15) is 5.10 Å². The molecule has 0 spiro atoms. The third-order valence-corrected chi connectivity index (χ3v) is 5.06. The number of carbonyl (C=O) groups is 1. The molecule has 0 aliphatic carbocycles. The molecule has 2 heterocycles. The quantitative estimate of drug-likeness (QED) is 0.324. The van der Waals surface area contributed by atoms with Crippen molar-refractivity contribution in [3.63, 3.8) is 0 Å². The van der Waals surface area contributed by atoms with Crippen molar-refractivity contribution in [2.45, 2.75) is 20.4 Å². The highest BCUT2D eigenvalue weighted by Crippen LogP contribution is 2.22. The molecule has 0 aliphatic rings. The van der Waals surface area contributed by atoms with E-state index in [0.29, 0.717) is 19.8 Å². The first-order chi connectivity index (χ1) is 17.0. The van der Waals surface area contributed by atoms with E-state index in [0.717, 1.165) is 22.4 Å². The summed E-state index contributed by atoms with van der Waals surface area (Å²) in [5.74, 6) is 1.52. The van der Waals surface area contributed by atoms with Crippen LogP contribution in [0.25, 0.3) is 10.9 Å². The van der Waals surface area contributed by atoms with Gasteiger partial charge in [-0.3, -0.25) is 14.5 Å². The summed E-state index contributed by atoms with van der Waals surface area (Å²) in [4.78, 5) is 28.2. The van der Waals surface area contributed by atoms with Crippen LogP contribution >= 0.6 is 0 Å². The van der Waals surface area contributed by atoms with Gasteiger partial charge in [0, 0.05) is 18.6 Å². The lowest BCUT2D eigenvalue weighted by molar-refractivity contribution is -0.131. The number of ether oxygens (including phenoxy) is 2. The number of likely N-dealkylation sites (N-methyl/N-ethyl adjacent to an activating group) is 1. The number of hydrogen-bond donors (Lipinski definition) is 0. The lowest BCUT2D eigenvalue weighted by atomic mass is 10.2. The van der Waals surface area contributed by atoms with Gasteiger partial charge in [0.15, 0.2) is 0 Å². The molecule has 2 aromatic heterocycles. The van der Waals surface area contributed by atoms with Crippen molar-refractivity contribution in [3.8, 4) is 11.5 Å². The summed E-state index contributed by atoms with van der Waals surface area (Å²) in [6, 6.07) is 17.7. The van der Waals surface area contributed by atoms with E-state index < -0.39 is 0 Å². The van der Waals surface area contributed by atoms with Crippen LogP contribution in [0.5, 0.6) is 11.5 Å². The number of aromatic nitrogens is 3. The van der Waals surface area contributed by atoms with Crippen LogP contribution in [0.3, 0.4) is 0 Å². The zero-order valence-electron chi connectivity index (χ0n) is 20.1. The molecule has 182 valence electrons. The van der Waals surface area contributed by atoms with E-state index in [1.165, 1.54) is 22.6 Å². The minimum absolute atomic E-state index is 0.0660. The predicted octanol–water partition coefficient (Wildman–Crippen LogP) is 4.76. The van der Waals surface area contributed by atoms with E-state index in [2.05, 4.69) is 15.3 Å². The Morgan fingerprint density at radius 2 is 1.86 bits per heavy atom. The maximum absolute atomic E-state index is 12.0. The molecule has 9 heteroatoms. The first-order valence-electron chi connectivity index (χ1n) is 11.3. The van der Waals surface area contributed by atoms with Gasteiger partial charge < -0.3 is 14.4 Å². The topological polar surface area (TPSA) is 98.9 Å². The molecule has 0 aliphatic heterocycles. The number of hydrogen-bond acceptors (Lipinski definition) is 7. The average Bonchev–Trinajstić information content (AvgIpc) is 3.33. The Balaban J connectivity index is 0.000000223. The monoisotopic (exact) mass is 475 g/mol. The van der Waals surface area contributed by atoms with Crippen molar-refractivity contribution in [1.82, 2.24) is 19.7 Å². The minimum atomic E-state index is -0.118. The third kappa shape index (κ3) is 7.63. The molecule has 1 amide bonds. The van der Waals surface area contributed by atoms with Crippen molar-refractivity contribution in [2.75, 3.05) is 26.8 Å². The molecule has 4 rings (SSSR count). The van der Waals surface area contributed by atoms with Crippen LogP contribution in [0.4, 0.5) is 5.69 Å². The minimum Gasteiger partial charge on any atom is -0.492 e. The zero-order valence-corrected chi connectivity index (χ0v) is 20.1. The molecule has 35 heavy (non-hydrogen) atoms. The van der Waals surface area contributed by atoms with Gasteiger partial charge >= 0.3 is 0 Å². The molecule has 0 atom stereocenters. The number of pyridine rings is 1. The fourth-order valence-electron chi connectivity index (χ4n) is 3.15. The largest absolute Gasteiger partial charge is 0.492 e. The number of rotatable bonds is 9. The molecule has 0 saturated heterocycles. The van der Waals surface area contributed by atoms with Crippen LogP contribution < -0.4 is 9.47 Å². The highest BCUT2D eigenvalue weighted by Gasteiger charge is 2.10. The van der Waals surface area contributed by atoms with Gasteiger partial charge in [0.1, 0.15) is 35.9 Å². The second kappa shape index (κ2) is 12.8. The summed E-state index contributed by atoms with van der Waals surface area (Å²) >= 11 is 0. The van der Waals surface area contributed by atoms with Gasteiger partial charge in [-0.05, 0) is 43.3 Å². The SMILES string of the molecule is CCOc1cccc2cccnc12.Cc1ccc(OCCN(C)C(=O)Cn2cc(N=O)cn2)cc1. The van der Waals surface area contributed by atoms with Crippen LogP contribution in [-0.4, -0.2) is 52.4 Å². The molecule has 0 radical (unpaired) electrons. The second-order valence-electron chi connectivity index (χ2n) is 7.73. The fraction of sp³-hybridized carbons (Fsp3) is 0.269. The molecular formula is C26H29N5O4. The average molecular weight is 476 g/mol. The Labute approximate surface area is 204 Å². The maximum Gasteiger partial charge on any atom is 0.244 e. The highest BCUT2D eigenvalue weighted by atomic mass is 16.5. The van der Waals surface area contributed by atoms with E-state index in [4.69, 9.17) is 9.47 Å². The Kier molecular flexibility index (Phi) is 9.30. The standard InChI is InChI=1S/C15H18N4O3.C11H11NO/c1-12-3-5-14(6-4-12)22-8-7-18(2)15(20)11-19-10-13(17-21)9-16-19;1-2-13-10-7-3-5-9-6-4-8-12-11(9)10/h3-6,9-10H,7-8,11H2,1-2H3;3-8H,2H2,1H3. The van der Waals surface area contributed by atoms with Crippen LogP contribution in [0, 0.1) is 11.8 Å². The first-order valence-corrected chi connectivity index (χ1v) is 11.3. The lowest BCUT2D eigenvalue weighted by Gasteiger charge is -2.17. The molecular weight excluding hydrogens is 446 g/mol. The summed E-state index contributed by atoms with van der Waals surface area (Å²) < 4.78 is 12.4. The third-order valence-electron chi connectivity index (χ3n) is 5.06. The first kappa shape index (κ1) is 25.4. The van der Waals surface area contributed by atoms with Gasteiger partial charge in [-0.1, -0.05) is 35.9 Å². The van der Waals surface area contributed by atoms with Gasteiger partial charge in [-0.25, -0.2) is 0 Å². The molecule has 0 unspecified atom stereocenters. The smallest absolute Gasteiger partial charge is 0.244 e. The van der Waals surface area contributed by atoms with Crippen LogP contribution in [0.2, 0.25) is 0 Å². The fourth-order valence-corrected chi connectivity index (χ4v) is 3.15. The van der Waals surface area contributed by atoms with E-state index >= 15 is 0 Å². The molecule has 4 aromatic rings. The predicted molar refractivity (Wildman–Crippen MR) is 135 cm³/mol.